The molecule has 0 radical (unpaired) electrons. The lowest BCUT2D eigenvalue weighted by atomic mass is 10.0. The van der Waals surface area contributed by atoms with Crippen LogP contribution >= 0.6 is 34.3 Å². The van der Waals surface area contributed by atoms with Gasteiger partial charge < -0.3 is 47.4 Å². The Hall–Kier alpha value is -11.3. The van der Waals surface area contributed by atoms with E-state index in [1.54, 1.807) is 55.6 Å². The monoisotopic (exact) mass is 1480 g/mol. The molecule has 0 aliphatic heterocycles. The number of aromatic nitrogens is 2. The number of halogens is 3. The predicted octanol–water partition coefficient (Wildman–Crippen LogP) is 15.7. The van der Waals surface area contributed by atoms with Crippen LogP contribution in [0.25, 0.3) is 42.0 Å². The summed E-state index contributed by atoms with van der Waals surface area (Å²) in [4.78, 5) is 86.7. The molecule has 542 valence electrons. The summed E-state index contributed by atoms with van der Waals surface area (Å²) < 4.78 is 90.7. The van der Waals surface area contributed by atoms with Crippen LogP contribution in [0.1, 0.15) is 82.4 Å². The van der Waals surface area contributed by atoms with Crippen LogP contribution < -0.4 is 33.7 Å². The van der Waals surface area contributed by atoms with Crippen molar-refractivity contribution in [3.63, 3.8) is 0 Å². The molecule has 105 heavy (non-hydrogen) atoms. The molecule has 22 nitrogen and oxygen atoms in total. The van der Waals surface area contributed by atoms with Crippen molar-refractivity contribution >= 4 is 135 Å². The first-order valence-electron chi connectivity index (χ1n) is 33.2. The molecular formula is C78H71ClF2N6O16S2. The Balaban J connectivity index is 0.808. The lowest BCUT2D eigenvalue weighted by Gasteiger charge is -2.17. The number of methoxy groups -OCH3 is 1. The second-order valence-electron chi connectivity index (χ2n) is 22.9. The van der Waals surface area contributed by atoms with Crippen LogP contribution in [0.5, 0.6) is 28.7 Å². The zero-order chi connectivity index (χ0) is 74.0. The summed E-state index contributed by atoms with van der Waals surface area (Å²) in [5.41, 5.74) is 1.37. The van der Waals surface area contributed by atoms with Crippen molar-refractivity contribution in [2.75, 3.05) is 76.7 Å². The Kier molecular flexibility index (Phi) is 27.8. The Morgan fingerprint density at radius 1 is 0.533 bits per heavy atom. The summed E-state index contributed by atoms with van der Waals surface area (Å²) in [7, 11) is 1.55. The molecule has 27 heteroatoms. The number of hydrogen-bond acceptors (Lipinski definition) is 23. The smallest absolute Gasteiger partial charge is 0.343 e. The lowest BCUT2D eigenvalue weighted by Crippen LogP contribution is -2.23. The third kappa shape index (κ3) is 21.0. The number of nitrogens with zero attached hydrogens (tertiary/aromatic N) is 6. The van der Waals surface area contributed by atoms with Crippen molar-refractivity contribution in [2.24, 2.45) is 10.2 Å². The molecular weight excluding hydrogens is 1410 g/mol. The Morgan fingerprint density at radius 2 is 1.10 bits per heavy atom. The lowest BCUT2D eigenvalue weighted by molar-refractivity contribution is -0.144. The summed E-state index contributed by atoms with van der Waals surface area (Å²) in [6.45, 7) is 11.6. The van der Waals surface area contributed by atoms with Crippen LogP contribution in [0.4, 0.5) is 19.0 Å². The molecule has 1 amide bonds. The van der Waals surface area contributed by atoms with Gasteiger partial charge in [0.05, 0.1) is 113 Å². The molecule has 0 unspecified atom stereocenters. The zero-order valence-electron chi connectivity index (χ0n) is 57.0. The van der Waals surface area contributed by atoms with Gasteiger partial charge in [0, 0.05) is 43.9 Å². The van der Waals surface area contributed by atoms with Crippen molar-refractivity contribution in [1.82, 2.24) is 9.97 Å². The number of carbonyl (C=O) groups excluding carboxylic acids is 6. The van der Waals surface area contributed by atoms with Gasteiger partial charge in [0.2, 0.25) is 10.3 Å². The number of unbranched alkanes of at least 4 members (excludes halogenated alkanes) is 3. The molecule has 0 bridgehead atoms. The Bertz CT molecular complexity index is 4830. The number of hydrogen-bond donors (Lipinski definition) is 0. The highest BCUT2D eigenvalue weighted by molar-refractivity contribution is 7.22. The van der Waals surface area contributed by atoms with Crippen molar-refractivity contribution in [2.45, 2.75) is 51.4 Å². The molecule has 0 aliphatic carbocycles. The molecule has 10 rings (SSSR count). The van der Waals surface area contributed by atoms with Gasteiger partial charge in [-0.3, -0.25) is 9.59 Å². The molecule has 0 N–H and O–H groups in total. The number of benzene rings is 8. The van der Waals surface area contributed by atoms with Gasteiger partial charge in [-0.05, 0) is 145 Å². The molecule has 0 atom stereocenters. The quantitative estimate of drug-likeness (QED) is 0.00507. The second-order valence-corrected chi connectivity index (χ2v) is 25.3. The topological polar surface area (TPSA) is 252 Å². The third-order valence-electron chi connectivity index (χ3n) is 15.6. The number of anilines is 2. The normalized spacial score (nSPS) is 11.3. The highest BCUT2D eigenvalue weighted by Gasteiger charge is 2.24. The number of aryl methyl sites for hydroxylation is 1. The highest BCUT2D eigenvalue weighted by atomic mass is 35.5. The van der Waals surface area contributed by atoms with E-state index in [2.05, 4.69) is 29.8 Å². The average molecular weight is 1490 g/mol. The zero-order valence-corrected chi connectivity index (χ0v) is 59.4. The molecule has 0 fully saturated rings. The molecule has 0 aliphatic rings. The van der Waals surface area contributed by atoms with Gasteiger partial charge in [-0.25, -0.2) is 42.9 Å². The average Bonchev–Trinajstić information content (AvgIpc) is 0.948. The van der Waals surface area contributed by atoms with Gasteiger partial charge in [0.25, 0.3) is 5.91 Å². The summed E-state index contributed by atoms with van der Waals surface area (Å²) in [6.07, 6.45) is 8.90. The standard InChI is InChI=1S/C78H71ClF2N6O16S2/c1-5-68(88)87(78-85-61-19-11-13-21-67(61)105-78)83-48-59-63(103-75(92)54-23-22-52-46-56(29-24-51(52)44-54)96-36-14-8-9-15-37-99-69(89)6-2)31-26-50(73(59)80)28-35-71(91)101-41-16-38-97-64-34-33-62(58(72(64)79)47-82-86(49-95-43-42-94-4)77-84-60-18-10-12-20-66(60)104-77)102-76(93)55-25-30-57-53(45-55)27-32-65(74(57)81)98-39-17-40-100-70(90)7-3/h5-7,10-13,18-27,29-34,44-48H,1-3,8-9,14-17,28,35-43,49H2,4H3/b82-47+,83-48+. The van der Waals surface area contributed by atoms with E-state index in [9.17, 15) is 28.8 Å². The summed E-state index contributed by atoms with van der Waals surface area (Å²) >= 11 is 9.65. The molecule has 2 heterocycles. The van der Waals surface area contributed by atoms with Crippen LogP contribution in [-0.2, 0) is 49.3 Å². The van der Waals surface area contributed by atoms with Crippen LogP contribution in [0.3, 0.4) is 0 Å². The number of amides is 1. The fourth-order valence-corrected chi connectivity index (χ4v) is 12.3. The number of para-hydroxylation sites is 2. The van der Waals surface area contributed by atoms with Gasteiger partial charge in [-0.15, -0.1) is 0 Å². The van der Waals surface area contributed by atoms with E-state index >= 15 is 8.78 Å². The summed E-state index contributed by atoms with van der Waals surface area (Å²) in [6, 6.07) is 38.1. The maximum absolute atomic E-state index is 17.1. The minimum Gasteiger partial charge on any atom is -0.494 e. The number of carbonyl (C=O) groups is 6. The first-order valence-corrected chi connectivity index (χ1v) is 35.2. The number of fused-ring (bicyclic) bond motifs is 4. The van der Waals surface area contributed by atoms with Gasteiger partial charge in [-0.1, -0.05) is 109 Å². The number of ether oxygens (including phenoxy) is 10. The van der Waals surface area contributed by atoms with E-state index in [4.69, 9.17) is 69.1 Å². The molecule has 8 aromatic carbocycles. The van der Waals surface area contributed by atoms with E-state index in [1.807, 2.05) is 42.5 Å². The number of rotatable bonds is 39. The summed E-state index contributed by atoms with van der Waals surface area (Å²) in [5.74, 6) is -5.09. The highest BCUT2D eigenvalue weighted by Crippen LogP contribution is 2.37. The minimum absolute atomic E-state index is 0.0145. The van der Waals surface area contributed by atoms with Crippen molar-refractivity contribution in [3.05, 3.63) is 222 Å². The fourth-order valence-electron chi connectivity index (χ4n) is 10.2. The number of thiazole rings is 2. The van der Waals surface area contributed by atoms with Gasteiger partial charge in [-0.2, -0.15) is 15.2 Å². The van der Waals surface area contributed by atoms with E-state index < -0.39 is 47.4 Å². The van der Waals surface area contributed by atoms with Gasteiger partial charge in [0.1, 0.15) is 35.5 Å². The summed E-state index contributed by atoms with van der Waals surface area (Å²) in [5, 5.41) is 14.2. The van der Waals surface area contributed by atoms with Crippen LogP contribution in [0, 0.1) is 11.6 Å². The SMILES string of the molecule is C=CC(=O)OCCCCCCOc1ccc2cc(C(=O)Oc3ccc(CCC(=O)OCCCOc4ccc(OC(=O)c5ccc6c(F)c(OCCCOC(=O)C=C)ccc6c5)c(/C=N/N(COCCOC)c5nc6ccccc6s5)c4Cl)c(F)c3/C=N/N(C(=O)C=C)c3nc4ccccc4s3)ccc2c1. The van der Waals surface area contributed by atoms with Crippen LogP contribution in [0.2, 0.25) is 5.02 Å². The van der Waals surface area contributed by atoms with E-state index in [0.717, 1.165) is 86.8 Å². The molecule has 2 aromatic heterocycles. The number of hydrazone groups is 2. The largest absolute Gasteiger partial charge is 0.494 e. The Labute approximate surface area is 615 Å². The minimum atomic E-state index is -0.894. The predicted molar refractivity (Wildman–Crippen MR) is 399 cm³/mol. The van der Waals surface area contributed by atoms with Crippen molar-refractivity contribution in [3.8, 4) is 28.7 Å². The van der Waals surface area contributed by atoms with Gasteiger partial charge in [0.15, 0.2) is 11.6 Å². The second kappa shape index (κ2) is 38.3. The molecule has 0 spiro atoms. The number of esters is 5. The first-order chi connectivity index (χ1) is 51.1. The molecule has 10 aromatic rings. The van der Waals surface area contributed by atoms with Crippen LogP contribution in [-0.4, -0.2) is 125 Å². The maximum Gasteiger partial charge on any atom is 0.343 e. The molecule has 0 saturated heterocycles. The van der Waals surface area contributed by atoms with E-state index in [-0.39, 0.29) is 125 Å². The van der Waals surface area contributed by atoms with E-state index in [1.165, 1.54) is 71.1 Å². The first kappa shape index (κ1) is 76.4. The van der Waals surface area contributed by atoms with Crippen molar-refractivity contribution < 1.29 is 84.9 Å². The van der Waals surface area contributed by atoms with Gasteiger partial charge >= 0.3 is 29.8 Å². The van der Waals surface area contributed by atoms with Crippen LogP contribution in [0.15, 0.2) is 188 Å². The third-order valence-corrected chi connectivity index (χ3v) is 18.1. The van der Waals surface area contributed by atoms with Crippen molar-refractivity contribution in [1.29, 1.82) is 0 Å². The fraction of sp³-hybridized carbons (Fsp3) is 0.231. The van der Waals surface area contributed by atoms with E-state index in [0.29, 0.717) is 53.4 Å². The maximum atomic E-state index is 17.1. The molecule has 0 saturated carbocycles. The Morgan fingerprint density at radius 3 is 1.79 bits per heavy atom.